The zero-order chi connectivity index (χ0) is 15.6. The molecule has 1 unspecified atom stereocenters. The third-order valence-electron chi connectivity index (χ3n) is 4.13. The van der Waals surface area contributed by atoms with E-state index in [4.69, 9.17) is 0 Å². The van der Waals surface area contributed by atoms with E-state index in [0.717, 1.165) is 12.8 Å². The van der Waals surface area contributed by atoms with Crippen LogP contribution in [0.1, 0.15) is 35.7 Å². The molecule has 5 nitrogen and oxygen atoms in total. The fourth-order valence-electron chi connectivity index (χ4n) is 2.68. The van der Waals surface area contributed by atoms with Crippen molar-refractivity contribution in [3.05, 3.63) is 39.4 Å². The summed E-state index contributed by atoms with van der Waals surface area (Å²) in [4.78, 5) is 25.2. The lowest BCUT2D eigenvalue weighted by molar-refractivity contribution is -0.385. The van der Waals surface area contributed by atoms with Gasteiger partial charge in [-0.1, -0.05) is 28.9 Å². The van der Waals surface area contributed by atoms with Crippen LogP contribution in [0.25, 0.3) is 0 Å². The first-order valence-electron chi connectivity index (χ1n) is 7.08. The van der Waals surface area contributed by atoms with Gasteiger partial charge in [-0.15, -0.1) is 0 Å². The molecule has 1 atom stereocenters. The standard InChI is InChI=1S/C15H19BrN2O3/c1-10-3-4-13(9-14(10)18(20)21)15(19)17-7-5-12(6-8-17)11(2)16/h3-4,9,11-12H,5-8H2,1-2H3. The van der Waals surface area contributed by atoms with E-state index in [9.17, 15) is 14.9 Å². The quantitative estimate of drug-likeness (QED) is 0.473. The van der Waals surface area contributed by atoms with Crippen LogP contribution in [0.2, 0.25) is 0 Å². The highest BCUT2D eigenvalue weighted by Crippen LogP contribution is 2.26. The monoisotopic (exact) mass is 354 g/mol. The fraction of sp³-hybridized carbons (Fsp3) is 0.533. The Morgan fingerprint density at radius 3 is 2.57 bits per heavy atom. The second-order valence-electron chi connectivity index (χ2n) is 5.57. The van der Waals surface area contributed by atoms with E-state index in [1.165, 1.54) is 6.07 Å². The lowest BCUT2D eigenvalue weighted by Gasteiger charge is -2.33. The molecule has 0 bridgehead atoms. The summed E-state index contributed by atoms with van der Waals surface area (Å²) in [5, 5.41) is 11.0. The van der Waals surface area contributed by atoms with Gasteiger partial charge in [-0.2, -0.15) is 0 Å². The summed E-state index contributed by atoms with van der Waals surface area (Å²) in [6.45, 7) is 5.23. The molecule has 0 spiro atoms. The molecule has 0 saturated carbocycles. The molecule has 1 aromatic rings. The normalized spacial score (nSPS) is 17.6. The van der Waals surface area contributed by atoms with Crippen molar-refractivity contribution in [2.45, 2.75) is 31.5 Å². The van der Waals surface area contributed by atoms with E-state index in [2.05, 4.69) is 22.9 Å². The number of alkyl halides is 1. The lowest BCUT2D eigenvalue weighted by Crippen LogP contribution is -2.40. The first kappa shape index (κ1) is 15.9. The summed E-state index contributed by atoms with van der Waals surface area (Å²) in [5.74, 6) is 0.472. The number of halogens is 1. The van der Waals surface area contributed by atoms with Gasteiger partial charge in [-0.3, -0.25) is 14.9 Å². The summed E-state index contributed by atoms with van der Waals surface area (Å²) < 4.78 is 0. The molecular weight excluding hydrogens is 336 g/mol. The van der Waals surface area contributed by atoms with Gasteiger partial charge in [0.2, 0.25) is 0 Å². The molecule has 6 heteroatoms. The Balaban J connectivity index is 2.11. The topological polar surface area (TPSA) is 63.5 Å². The van der Waals surface area contributed by atoms with E-state index in [-0.39, 0.29) is 11.6 Å². The molecule has 1 amide bonds. The minimum atomic E-state index is -0.440. The van der Waals surface area contributed by atoms with Crippen LogP contribution in [0.5, 0.6) is 0 Å². The van der Waals surface area contributed by atoms with Crippen LogP contribution in [0.15, 0.2) is 18.2 Å². The molecule has 1 heterocycles. The average Bonchev–Trinajstić information content (AvgIpc) is 2.46. The molecule has 1 fully saturated rings. The number of nitro benzene ring substituents is 1. The third kappa shape index (κ3) is 3.61. The summed E-state index contributed by atoms with van der Waals surface area (Å²) in [6, 6.07) is 4.69. The number of likely N-dealkylation sites (tertiary alicyclic amines) is 1. The number of amides is 1. The van der Waals surface area contributed by atoms with Gasteiger partial charge in [0.05, 0.1) is 4.92 Å². The van der Waals surface area contributed by atoms with Crippen molar-refractivity contribution >= 4 is 27.5 Å². The highest BCUT2D eigenvalue weighted by atomic mass is 79.9. The van der Waals surface area contributed by atoms with E-state index in [1.54, 1.807) is 24.0 Å². The molecule has 1 aliphatic heterocycles. The smallest absolute Gasteiger partial charge is 0.273 e. The predicted molar refractivity (Wildman–Crippen MR) is 84.8 cm³/mol. The van der Waals surface area contributed by atoms with Crippen LogP contribution in [-0.4, -0.2) is 33.6 Å². The van der Waals surface area contributed by atoms with Gasteiger partial charge < -0.3 is 4.90 Å². The van der Waals surface area contributed by atoms with Crippen LogP contribution in [0.3, 0.4) is 0 Å². The van der Waals surface area contributed by atoms with E-state index >= 15 is 0 Å². The number of hydrogen-bond acceptors (Lipinski definition) is 3. The van der Waals surface area contributed by atoms with Gasteiger partial charge >= 0.3 is 0 Å². The Bertz CT molecular complexity index is 552. The van der Waals surface area contributed by atoms with Crippen molar-refractivity contribution in [2.75, 3.05) is 13.1 Å². The van der Waals surface area contributed by atoms with Crippen molar-refractivity contribution in [1.29, 1.82) is 0 Å². The molecule has 21 heavy (non-hydrogen) atoms. The van der Waals surface area contributed by atoms with Crippen molar-refractivity contribution in [2.24, 2.45) is 5.92 Å². The van der Waals surface area contributed by atoms with Crippen molar-refractivity contribution in [3.63, 3.8) is 0 Å². The molecule has 114 valence electrons. The highest BCUT2D eigenvalue weighted by Gasteiger charge is 2.26. The number of carbonyl (C=O) groups excluding carboxylic acids is 1. The van der Waals surface area contributed by atoms with E-state index in [1.807, 2.05) is 0 Å². The number of piperidine rings is 1. The van der Waals surface area contributed by atoms with Gasteiger partial charge in [0.15, 0.2) is 0 Å². The van der Waals surface area contributed by atoms with Crippen molar-refractivity contribution < 1.29 is 9.72 Å². The summed E-state index contributed by atoms with van der Waals surface area (Å²) in [6.07, 6.45) is 1.93. The summed E-state index contributed by atoms with van der Waals surface area (Å²) >= 11 is 3.59. The lowest BCUT2D eigenvalue weighted by atomic mass is 9.94. The van der Waals surface area contributed by atoms with Gasteiger partial charge in [0.25, 0.3) is 11.6 Å². The molecule has 0 aromatic heterocycles. The maximum atomic E-state index is 12.5. The van der Waals surface area contributed by atoms with Gasteiger partial charge in [0, 0.05) is 35.1 Å². The first-order chi connectivity index (χ1) is 9.90. The Morgan fingerprint density at radius 1 is 1.43 bits per heavy atom. The average molecular weight is 355 g/mol. The molecule has 1 saturated heterocycles. The van der Waals surface area contributed by atoms with Crippen LogP contribution < -0.4 is 0 Å². The largest absolute Gasteiger partial charge is 0.339 e. The zero-order valence-corrected chi connectivity index (χ0v) is 13.8. The molecule has 1 aromatic carbocycles. The number of nitrogens with zero attached hydrogens (tertiary/aromatic N) is 2. The second kappa shape index (κ2) is 6.56. The zero-order valence-electron chi connectivity index (χ0n) is 12.2. The van der Waals surface area contributed by atoms with Crippen molar-refractivity contribution in [3.8, 4) is 0 Å². The number of carbonyl (C=O) groups is 1. The number of aryl methyl sites for hydroxylation is 1. The fourth-order valence-corrected chi connectivity index (χ4v) is 3.21. The van der Waals surface area contributed by atoms with E-state index in [0.29, 0.717) is 35.0 Å². The van der Waals surface area contributed by atoms with E-state index < -0.39 is 4.92 Å². The number of benzene rings is 1. The Labute approximate surface area is 132 Å². The number of hydrogen-bond donors (Lipinski definition) is 0. The minimum Gasteiger partial charge on any atom is -0.339 e. The van der Waals surface area contributed by atoms with Crippen LogP contribution in [-0.2, 0) is 0 Å². The number of rotatable bonds is 3. The van der Waals surface area contributed by atoms with Crippen LogP contribution in [0.4, 0.5) is 5.69 Å². The van der Waals surface area contributed by atoms with Crippen LogP contribution >= 0.6 is 15.9 Å². The Morgan fingerprint density at radius 2 is 2.05 bits per heavy atom. The Hall–Kier alpha value is -1.43. The summed E-state index contributed by atoms with van der Waals surface area (Å²) in [7, 11) is 0. The maximum absolute atomic E-state index is 12.5. The summed E-state index contributed by atoms with van der Waals surface area (Å²) in [5.41, 5.74) is 0.978. The Kier molecular flexibility index (Phi) is 4.98. The van der Waals surface area contributed by atoms with Gasteiger partial charge in [-0.05, 0) is 31.7 Å². The van der Waals surface area contributed by atoms with Crippen molar-refractivity contribution in [1.82, 2.24) is 4.90 Å². The highest BCUT2D eigenvalue weighted by molar-refractivity contribution is 9.09. The third-order valence-corrected chi connectivity index (χ3v) is 4.88. The molecule has 0 radical (unpaired) electrons. The number of nitro groups is 1. The van der Waals surface area contributed by atoms with Gasteiger partial charge in [0.1, 0.15) is 0 Å². The van der Waals surface area contributed by atoms with Crippen LogP contribution in [0, 0.1) is 23.0 Å². The molecule has 0 N–H and O–H groups in total. The molecule has 0 aliphatic carbocycles. The molecule has 1 aliphatic rings. The van der Waals surface area contributed by atoms with Gasteiger partial charge in [-0.25, -0.2) is 0 Å². The predicted octanol–water partition coefficient (Wildman–Crippen LogP) is 3.54. The first-order valence-corrected chi connectivity index (χ1v) is 8.00. The maximum Gasteiger partial charge on any atom is 0.273 e. The molecular formula is C15H19BrN2O3. The minimum absolute atomic E-state index is 0.00446. The molecule has 2 rings (SSSR count). The SMILES string of the molecule is Cc1ccc(C(=O)N2CCC(C(C)Br)CC2)cc1[N+](=O)[O-]. The second-order valence-corrected chi connectivity index (χ2v) is 7.01.